The fourth-order valence-corrected chi connectivity index (χ4v) is 12.7. The van der Waals surface area contributed by atoms with Gasteiger partial charge in [0.2, 0.25) is 0 Å². The molecule has 1 aromatic heterocycles. The van der Waals surface area contributed by atoms with Crippen LogP contribution in [0.5, 0.6) is 0 Å². The highest BCUT2D eigenvalue weighted by atomic mass is 15.1. The molecule has 2 nitrogen and oxygen atoms in total. The second kappa shape index (κ2) is 17.2. The SMILES string of the molecule is c1ccc(-c2ccc(-c3ccc(N(c4ccc(-c5ccc6c(c5)C5(c7ccccc7-6)c6ccccc6-n6c7ccccc7c7cccc5c76)cc4)c4ccccc4-c4ccccc4-c4ccccc4)cc3)cc2)cc1. The molecule has 1 aliphatic heterocycles. The minimum atomic E-state index is -0.519. The van der Waals surface area contributed by atoms with Crippen LogP contribution in [0.4, 0.5) is 17.1 Å². The van der Waals surface area contributed by atoms with E-state index in [4.69, 9.17) is 0 Å². The van der Waals surface area contributed by atoms with Gasteiger partial charge in [-0.1, -0.05) is 243 Å². The maximum absolute atomic E-state index is 2.52. The molecule has 12 aromatic carbocycles. The Kier molecular flexibility index (Phi) is 9.83. The summed E-state index contributed by atoms with van der Waals surface area (Å²) in [5.41, 5.74) is 26.3. The average Bonchev–Trinajstić information content (AvgIpc) is 4.23. The van der Waals surface area contributed by atoms with Gasteiger partial charge < -0.3 is 9.47 Å². The van der Waals surface area contributed by atoms with E-state index < -0.39 is 5.41 Å². The third-order valence-corrected chi connectivity index (χ3v) is 16.0. The fourth-order valence-electron chi connectivity index (χ4n) is 12.7. The first-order chi connectivity index (χ1) is 37.2. The molecule has 1 aliphatic carbocycles. The Morgan fingerprint density at radius 3 is 1.44 bits per heavy atom. The first-order valence-electron chi connectivity index (χ1n) is 26.0. The second-order valence-corrected chi connectivity index (χ2v) is 19.9. The minimum absolute atomic E-state index is 0.519. The number of nitrogens with zero attached hydrogens (tertiary/aromatic N) is 2. The van der Waals surface area contributed by atoms with Crippen molar-refractivity contribution in [1.82, 2.24) is 4.57 Å². The summed E-state index contributed by atoms with van der Waals surface area (Å²) in [7, 11) is 0. The molecular weight excluding hydrogens is 905 g/mol. The summed E-state index contributed by atoms with van der Waals surface area (Å²) in [6.45, 7) is 0. The molecule has 2 aliphatic rings. The predicted molar refractivity (Wildman–Crippen MR) is 314 cm³/mol. The molecule has 15 rings (SSSR count). The lowest BCUT2D eigenvalue weighted by atomic mass is 9.65. The van der Waals surface area contributed by atoms with Crippen LogP contribution in [-0.4, -0.2) is 4.57 Å². The van der Waals surface area contributed by atoms with Crippen LogP contribution in [0.3, 0.4) is 0 Å². The number of rotatable bonds is 8. The van der Waals surface area contributed by atoms with Gasteiger partial charge in [-0.3, -0.25) is 0 Å². The zero-order valence-corrected chi connectivity index (χ0v) is 41.1. The predicted octanol–water partition coefficient (Wildman–Crippen LogP) is 19.3. The zero-order chi connectivity index (χ0) is 49.5. The molecule has 13 aromatic rings. The largest absolute Gasteiger partial charge is 0.310 e. The summed E-state index contributed by atoms with van der Waals surface area (Å²) in [6.07, 6.45) is 0. The van der Waals surface area contributed by atoms with Crippen molar-refractivity contribution in [2.45, 2.75) is 5.41 Å². The Labute approximate surface area is 437 Å². The highest BCUT2D eigenvalue weighted by Gasteiger charge is 2.50. The summed E-state index contributed by atoms with van der Waals surface area (Å²) >= 11 is 0. The lowest BCUT2D eigenvalue weighted by molar-refractivity contribution is 0.749. The van der Waals surface area contributed by atoms with Crippen molar-refractivity contribution in [1.29, 1.82) is 0 Å². The minimum Gasteiger partial charge on any atom is -0.310 e. The van der Waals surface area contributed by atoms with E-state index >= 15 is 0 Å². The zero-order valence-electron chi connectivity index (χ0n) is 41.1. The summed E-state index contributed by atoms with van der Waals surface area (Å²) in [5, 5.41) is 2.57. The van der Waals surface area contributed by atoms with Gasteiger partial charge in [0.25, 0.3) is 0 Å². The van der Waals surface area contributed by atoms with E-state index in [1.807, 2.05) is 0 Å². The van der Waals surface area contributed by atoms with Crippen LogP contribution in [-0.2, 0) is 5.41 Å². The molecule has 1 spiro atoms. The smallest absolute Gasteiger partial charge is 0.0754 e. The lowest BCUT2D eigenvalue weighted by Gasteiger charge is -2.39. The Morgan fingerprint density at radius 2 is 0.733 bits per heavy atom. The molecular formula is C73H48N2. The van der Waals surface area contributed by atoms with Crippen molar-refractivity contribution in [3.05, 3.63) is 313 Å². The number of fused-ring (bicyclic) bond motifs is 12. The first kappa shape index (κ1) is 42.9. The van der Waals surface area contributed by atoms with E-state index in [0.717, 1.165) is 22.6 Å². The Morgan fingerprint density at radius 1 is 0.267 bits per heavy atom. The maximum Gasteiger partial charge on any atom is 0.0754 e. The van der Waals surface area contributed by atoms with Gasteiger partial charge in [-0.25, -0.2) is 0 Å². The summed E-state index contributed by atoms with van der Waals surface area (Å²) in [6, 6.07) is 107. The van der Waals surface area contributed by atoms with Gasteiger partial charge >= 0.3 is 0 Å². The van der Waals surface area contributed by atoms with E-state index in [1.54, 1.807) is 0 Å². The van der Waals surface area contributed by atoms with Gasteiger partial charge in [-0.05, 0) is 132 Å². The third kappa shape index (κ3) is 6.60. The highest BCUT2D eigenvalue weighted by Crippen LogP contribution is 2.61. The van der Waals surface area contributed by atoms with E-state index in [-0.39, 0.29) is 0 Å². The fraction of sp³-hybridized carbons (Fsp3) is 0.0137. The number of hydrogen-bond donors (Lipinski definition) is 0. The van der Waals surface area contributed by atoms with Crippen molar-refractivity contribution in [2.24, 2.45) is 0 Å². The van der Waals surface area contributed by atoms with Crippen LogP contribution in [0.15, 0.2) is 291 Å². The maximum atomic E-state index is 2.52. The Balaban J connectivity index is 0.871. The normalized spacial score (nSPS) is 13.9. The molecule has 0 bridgehead atoms. The summed E-state index contributed by atoms with van der Waals surface area (Å²) in [5.74, 6) is 0. The number of hydrogen-bond acceptors (Lipinski definition) is 1. The standard InChI is InChI=1S/C73H48N2/c1-3-18-49(19-4-1)50-34-36-51(37-35-50)52-38-43-56(44-39-52)74(69-31-14-10-25-62(69)59-23-8-7-22-58(59)54-20-5-2-6-21-54)57-45-40-53(41-46-57)55-42-47-61-60-24-9-12-28-65(60)73(68(61)48-55)66-29-13-16-33-71(66)75-70-32-15-11-26-63(70)64-27-17-30-67(73)72(64)75/h1-48H. The monoisotopic (exact) mass is 952 g/mol. The van der Waals surface area contributed by atoms with Gasteiger partial charge in [0.1, 0.15) is 0 Å². The summed E-state index contributed by atoms with van der Waals surface area (Å²) in [4.78, 5) is 2.43. The van der Waals surface area contributed by atoms with Crippen molar-refractivity contribution < 1.29 is 0 Å². The molecule has 0 N–H and O–H groups in total. The molecule has 0 saturated carbocycles. The van der Waals surface area contributed by atoms with E-state index in [0.29, 0.717) is 0 Å². The van der Waals surface area contributed by atoms with Crippen LogP contribution in [0.1, 0.15) is 22.3 Å². The molecule has 2 heterocycles. The lowest BCUT2D eigenvalue weighted by Crippen LogP contribution is -2.33. The second-order valence-electron chi connectivity index (χ2n) is 19.9. The topological polar surface area (TPSA) is 8.17 Å². The van der Waals surface area contributed by atoms with Crippen LogP contribution < -0.4 is 4.90 Å². The van der Waals surface area contributed by atoms with Gasteiger partial charge in [-0.2, -0.15) is 0 Å². The Bertz CT molecular complexity index is 4320. The van der Waals surface area contributed by atoms with Gasteiger partial charge in [0.15, 0.2) is 0 Å². The summed E-state index contributed by atoms with van der Waals surface area (Å²) < 4.78 is 2.52. The van der Waals surface area contributed by atoms with Crippen LogP contribution in [0, 0.1) is 0 Å². The van der Waals surface area contributed by atoms with E-state index in [9.17, 15) is 0 Å². The molecule has 0 radical (unpaired) electrons. The molecule has 75 heavy (non-hydrogen) atoms. The number of aromatic nitrogens is 1. The molecule has 0 fully saturated rings. The molecule has 2 heteroatoms. The number of benzene rings is 12. The van der Waals surface area contributed by atoms with Gasteiger partial charge in [0, 0.05) is 27.7 Å². The molecule has 0 amide bonds. The van der Waals surface area contributed by atoms with Crippen LogP contribution in [0.25, 0.3) is 94.3 Å². The van der Waals surface area contributed by atoms with Crippen molar-refractivity contribution in [3.63, 3.8) is 0 Å². The quantitative estimate of drug-likeness (QED) is 0.147. The van der Waals surface area contributed by atoms with Gasteiger partial charge in [0.05, 0.1) is 27.8 Å². The Hall–Kier alpha value is -9.76. The third-order valence-electron chi connectivity index (χ3n) is 16.0. The van der Waals surface area contributed by atoms with Crippen molar-refractivity contribution >= 4 is 38.9 Å². The van der Waals surface area contributed by atoms with Crippen molar-refractivity contribution in [3.8, 4) is 72.4 Å². The van der Waals surface area contributed by atoms with Gasteiger partial charge in [-0.15, -0.1) is 0 Å². The van der Waals surface area contributed by atoms with E-state index in [2.05, 4.69) is 301 Å². The van der Waals surface area contributed by atoms with E-state index in [1.165, 1.54) is 111 Å². The molecule has 1 unspecified atom stereocenters. The molecule has 0 saturated heterocycles. The van der Waals surface area contributed by atoms with Crippen LogP contribution >= 0.6 is 0 Å². The number of para-hydroxylation sites is 4. The molecule has 1 atom stereocenters. The van der Waals surface area contributed by atoms with Crippen LogP contribution in [0.2, 0.25) is 0 Å². The number of anilines is 3. The first-order valence-corrected chi connectivity index (χ1v) is 26.0. The average molecular weight is 953 g/mol. The highest BCUT2D eigenvalue weighted by molar-refractivity contribution is 6.13. The van der Waals surface area contributed by atoms with Crippen molar-refractivity contribution in [2.75, 3.05) is 4.90 Å². The molecule has 350 valence electrons.